The van der Waals surface area contributed by atoms with Gasteiger partial charge >= 0.3 is 0 Å². The van der Waals surface area contributed by atoms with Crippen molar-refractivity contribution in [1.82, 2.24) is 9.80 Å². The highest BCUT2D eigenvalue weighted by Gasteiger charge is 2.46. The zero-order valence-corrected chi connectivity index (χ0v) is 12.1. The molecule has 0 aromatic heterocycles. The Kier molecular flexibility index (Phi) is 3.44. The third kappa shape index (κ3) is 2.39. The molecule has 2 unspecified atom stereocenters. The maximum absolute atomic E-state index is 2.83. The summed E-state index contributed by atoms with van der Waals surface area (Å²) in [4.78, 5) is 5.58. The molecule has 17 heavy (non-hydrogen) atoms. The second-order valence-electron chi connectivity index (χ2n) is 6.17. The molecule has 0 spiro atoms. The van der Waals surface area contributed by atoms with E-state index in [1.54, 1.807) is 0 Å². The molecule has 0 N–H and O–H groups in total. The molecule has 0 radical (unpaired) electrons. The normalized spacial score (nSPS) is 37.1. The lowest BCUT2D eigenvalue weighted by atomic mass is 10.0. The van der Waals surface area contributed by atoms with Gasteiger partial charge in [-0.15, -0.1) is 0 Å². The van der Waals surface area contributed by atoms with E-state index in [4.69, 9.17) is 0 Å². The van der Waals surface area contributed by atoms with Crippen LogP contribution in [0.3, 0.4) is 0 Å². The Morgan fingerprint density at radius 3 is 2.76 bits per heavy atom. The summed E-state index contributed by atoms with van der Waals surface area (Å²) in [5, 5.41) is 0. The van der Waals surface area contributed by atoms with E-state index in [1.807, 2.05) is 0 Å². The van der Waals surface area contributed by atoms with Crippen molar-refractivity contribution in [3.8, 4) is 0 Å². The van der Waals surface area contributed by atoms with E-state index in [1.165, 1.54) is 58.3 Å². The van der Waals surface area contributed by atoms with E-state index in [0.717, 1.165) is 12.1 Å². The van der Waals surface area contributed by atoms with Crippen LogP contribution < -0.4 is 0 Å². The standard InChI is InChI=1S/C14H26N2S/c1-3-12-9-15-8-4-5-13(15)10-16(12)11-14(17-2)6-7-14/h12-13H,3-11H2,1-2H3. The predicted octanol–water partition coefficient (Wildman–Crippen LogP) is 2.44. The van der Waals surface area contributed by atoms with Crippen LogP contribution in [0.1, 0.15) is 39.0 Å². The topological polar surface area (TPSA) is 6.48 Å². The van der Waals surface area contributed by atoms with E-state index in [2.05, 4.69) is 34.7 Å². The van der Waals surface area contributed by atoms with E-state index in [-0.39, 0.29) is 0 Å². The fourth-order valence-electron chi connectivity index (χ4n) is 3.67. The Bertz CT molecular complexity index is 277. The molecule has 2 saturated heterocycles. The van der Waals surface area contributed by atoms with Crippen LogP contribution in [-0.4, -0.2) is 59.1 Å². The third-order valence-corrected chi connectivity index (χ3v) is 6.51. The number of hydrogen-bond donors (Lipinski definition) is 0. The lowest BCUT2D eigenvalue weighted by molar-refractivity contribution is 0.0484. The molecule has 1 saturated carbocycles. The summed E-state index contributed by atoms with van der Waals surface area (Å²) >= 11 is 2.11. The second kappa shape index (κ2) is 4.75. The first kappa shape index (κ1) is 12.3. The Morgan fingerprint density at radius 1 is 1.29 bits per heavy atom. The zero-order chi connectivity index (χ0) is 11.9. The average molecular weight is 254 g/mol. The van der Waals surface area contributed by atoms with Crippen LogP contribution in [0.2, 0.25) is 0 Å². The number of thioether (sulfide) groups is 1. The minimum Gasteiger partial charge on any atom is -0.298 e. The van der Waals surface area contributed by atoms with Crippen molar-refractivity contribution in [2.24, 2.45) is 0 Å². The Balaban J connectivity index is 1.65. The summed E-state index contributed by atoms with van der Waals surface area (Å²) in [6, 6.07) is 1.71. The minimum absolute atomic E-state index is 0.647. The van der Waals surface area contributed by atoms with Gasteiger partial charge in [0.05, 0.1) is 0 Å². The van der Waals surface area contributed by atoms with Gasteiger partial charge < -0.3 is 0 Å². The highest BCUT2D eigenvalue weighted by molar-refractivity contribution is 8.00. The number of hydrogen-bond acceptors (Lipinski definition) is 3. The highest BCUT2D eigenvalue weighted by atomic mass is 32.2. The van der Waals surface area contributed by atoms with Crippen molar-refractivity contribution in [2.45, 2.75) is 55.9 Å². The molecular formula is C14H26N2S. The van der Waals surface area contributed by atoms with Crippen LogP contribution in [-0.2, 0) is 0 Å². The molecule has 0 bridgehead atoms. The first-order chi connectivity index (χ1) is 8.26. The molecule has 0 aromatic rings. The fourth-order valence-corrected chi connectivity index (χ4v) is 4.47. The van der Waals surface area contributed by atoms with Gasteiger partial charge in [-0.2, -0.15) is 11.8 Å². The quantitative estimate of drug-likeness (QED) is 0.761. The lowest BCUT2D eigenvalue weighted by Gasteiger charge is -2.44. The summed E-state index contributed by atoms with van der Waals surface area (Å²) in [6.45, 7) is 7.78. The van der Waals surface area contributed by atoms with Crippen molar-refractivity contribution in [1.29, 1.82) is 0 Å². The SMILES string of the molecule is CCC1CN2CCCC2CN1CC1(SC)CC1. The van der Waals surface area contributed by atoms with Crippen LogP contribution in [0.5, 0.6) is 0 Å². The van der Waals surface area contributed by atoms with E-state index < -0.39 is 0 Å². The van der Waals surface area contributed by atoms with E-state index in [0.29, 0.717) is 4.75 Å². The summed E-state index contributed by atoms with van der Waals surface area (Å²) < 4.78 is 0.647. The van der Waals surface area contributed by atoms with Crippen LogP contribution in [0.25, 0.3) is 0 Å². The molecule has 1 aliphatic carbocycles. The van der Waals surface area contributed by atoms with Gasteiger partial charge in [-0.1, -0.05) is 6.92 Å². The Morgan fingerprint density at radius 2 is 2.12 bits per heavy atom. The fraction of sp³-hybridized carbons (Fsp3) is 1.00. The lowest BCUT2D eigenvalue weighted by Crippen LogP contribution is -2.57. The highest BCUT2D eigenvalue weighted by Crippen LogP contribution is 2.48. The smallest absolute Gasteiger partial charge is 0.0285 e. The van der Waals surface area contributed by atoms with Crippen molar-refractivity contribution in [3.63, 3.8) is 0 Å². The van der Waals surface area contributed by atoms with Gasteiger partial charge in [-0.25, -0.2) is 0 Å². The predicted molar refractivity (Wildman–Crippen MR) is 75.7 cm³/mol. The van der Waals surface area contributed by atoms with Crippen molar-refractivity contribution < 1.29 is 0 Å². The molecule has 3 rings (SSSR count). The summed E-state index contributed by atoms with van der Waals surface area (Å²) in [5.41, 5.74) is 0. The molecule has 3 fully saturated rings. The molecule has 2 nitrogen and oxygen atoms in total. The van der Waals surface area contributed by atoms with E-state index in [9.17, 15) is 0 Å². The third-order valence-electron chi connectivity index (χ3n) is 5.11. The zero-order valence-electron chi connectivity index (χ0n) is 11.3. The largest absolute Gasteiger partial charge is 0.298 e. The minimum atomic E-state index is 0.647. The Labute approximate surface area is 110 Å². The van der Waals surface area contributed by atoms with Crippen molar-refractivity contribution in [2.75, 3.05) is 32.4 Å². The number of rotatable bonds is 4. The maximum atomic E-state index is 2.83. The van der Waals surface area contributed by atoms with Crippen molar-refractivity contribution in [3.05, 3.63) is 0 Å². The van der Waals surface area contributed by atoms with E-state index >= 15 is 0 Å². The summed E-state index contributed by atoms with van der Waals surface area (Å²) in [5.74, 6) is 0. The average Bonchev–Trinajstić information content (AvgIpc) is 2.98. The molecule has 2 atom stereocenters. The van der Waals surface area contributed by atoms with Gasteiger partial charge in [0.1, 0.15) is 0 Å². The number of nitrogens with zero attached hydrogens (tertiary/aromatic N) is 2. The van der Waals surface area contributed by atoms with Gasteiger partial charge in [0, 0.05) is 36.5 Å². The second-order valence-corrected chi connectivity index (χ2v) is 7.44. The molecule has 98 valence electrons. The molecule has 2 aliphatic heterocycles. The number of piperazine rings is 1. The Hall–Kier alpha value is 0.270. The molecule has 2 heterocycles. The number of fused-ring (bicyclic) bond motifs is 1. The van der Waals surface area contributed by atoms with Crippen LogP contribution in [0.15, 0.2) is 0 Å². The van der Waals surface area contributed by atoms with Crippen LogP contribution >= 0.6 is 11.8 Å². The molecule has 0 aromatic carbocycles. The maximum Gasteiger partial charge on any atom is 0.0285 e. The van der Waals surface area contributed by atoms with Crippen molar-refractivity contribution >= 4 is 11.8 Å². The van der Waals surface area contributed by atoms with Gasteiger partial charge in [0.25, 0.3) is 0 Å². The first-order valence-electron chi connectivity index (χ1n) is 7.29. The monoisotopic (exact) mass is 254 g/mol. The summed E-state index contributed by atoms with van der Waals surface area (Å²) in [7, 11) is 0. The van der Waals surface area contributed by atoms with Crippen LogP contribution in [0, 0.1) is 0 Å². The van der Waals surface area contributed by atoms with Gasteiger partial charge in [0.15, 0.2) is 0 Å². The molecular weight excluding hydrogens is 228 g/mol. The molecule has 3 aliphatic rings. The van der Waals surface area contributed by atoms with Gasteiger partial charge in [0.2, 0.25) is 0 Å². The molecule has 0 amide bonds. The molecule has 3 heteroatoms. The summed E-state index contributed by atoms with van der Waals surface area (Å²) in [6.07, 6.45) is 9.42. The van der Waals surface area contributed by atoms with Gasteiger partial charge in [-0.05, 0) is 44.9 Å². The first-order valence-corrected chi connectivity index (χ1v) is 8.52. The van der Waals surface area contributed by atoms with Gasteiger partial charge in [-0.3, -0.25) is 9.80 Å². The van der Waals surface area contributed by atoms with Crippen LogP contribution in [0.4, 0.5) is 0 Å².